The molecule has 0 aromatic heterocycles. The lowest BCUT2D eigenvalue weighted by Gasteiger charge is -2.24. The molecule has 144 valence electrons. The van der Waals surface area contributed by atoms with Crippen LogP contribution in [-0.4, -0.2) is 31.3 Å². The van der Waals surface area contributed by atoms with E-state index in [-0.39, 0.29) is 18.2 Å². The third-order valence-corrected chi connectivity index (χ3v) is 5.37. The summed E-state index contributed by atoms with van der Waals surface area (Å²) in [5.41, 5.74) is 0. The number of ether oxygens (including phenoxy) is 1. The van der Waals surface area contributed by atoms with Crippen molar-refractivity contribution in [3.63, 3.8) is 0 Å². The Balaban J connectivity index is 1.73. The van der Waals surface area contributed by atoms with Crippen LogP contribution in [0.3, 0.4) is 0 Å². The van der Waals surface area contributed by atoms with Gasteiger partial charge in [-0.3, -0.25) is 0 Å². The Morgan fingerprint density at radius 1 is 0.680 bits per heavy atom. The van der Waals surface area contributed by atoms with Gasteiger partial charge in [0.2, 0.25) is 0 Å². The number of azo groups is 1. The first kappa shape index (κ1) is 20.2. The molecule has 2 aliphatic rings. The van der Waals surface area contributed by atoms with Gasteiger partial charge in [-0.15, -0.1) is 0 Å². The van der Waals surface area contributed by atoms with E-state index in [1.807, 2.05) is 0 Å². The van der Waals surface area contributed by atoms with Gasteiger partial charge in [-0.25, -0.2) is 4.79 Å². The highest BCUT2D eigenvalue weighted by atomic mass is 16.6. The summed E-state index contributed by atoms with van der Waals surface area (Å²) in [6.07, 6.45) is 17.5. The number of rotatable bonds is 2. The zero-order chi connectivity index (χ0) is 17.6. The fraction of sp³-hybridized carbons (Fsp3) is 0.950. The second-order valence-electron chi connectivity index (χ2n) is 7.64. The molecule has 5 heteroatoms. The minimum atomic E-state index is -0.212. The van der Waals surface area contributed by atoms with Crippen LogP contribution in [0.2, 0.25) is 0 Å². The molecule has 1 aliphatic carbocycles. The van der Waals surface area contributed by atoms with Crippen molar-refractivity contribution in [2.75, 3.05) is 13.1 Å². The van der Waals surface area contributed by atoms with E-state index in [9.17, 15) is 4.79 Å². The standard InChI is InChI=1S/C20H37N3O2/c24-20(25-19-14-8-6-9-15-19)23-18-12-7-4-2-1-3-5-10-16-21-22-17-11-13-18/h18-19H,1-17H2,(H,23,24). The molecule has 1 atom stereocenters. The highest BCUT2D eigenvalue weighted by Gasteiger charge is 2.19. The molecule has 0 aromatic carbocycles. The summed E-state index contributed by atoms with van der Waals surface area (Å²) < 4.78 is 5.63. The van der Waals surface area contributed by atoms with Gasteiger partial charge in [-0.1, -0.05) is 44.9 Å². The fourth-order valence-electron chi connectivity index (χ4n) is 3.83. The maximum absolute atomic E-state index is 12.2. The van der Waals surface area contributed by atoms with Crippen LogP contribution in [0.15, 0.2) is 10.2 Å². The van der Waals surface area contributed by atoms with Crippen LogP contribution in [0.5, 0.6) is 0 Å². The number of hydrogen-bond acceptors (Lipinski definition) is 4. The predicted octanol–water partition coefficient (Wildman–Crippen LogP) is 5.78. The van der Waals surface area contributed by atoms with Crippen LogP contribution in [0.1, 0.15) is 96.3 Å². The van der Waals surface area contributed by atoms with E-state index in [1.165, 1.54) is 64.2 Å². The van der Waals surface area contributed by atoms with Crippen LogP contribution in [0, 0.1) is 0 Å². The number of nitrogens with one attached hydrogen (secondary N) is 1. The molecule has 0 bridgehead atoms. The van der Waals surface area contributed by atoms with Gasteiger partial charge >= 0.3 is 6.09 Å². The molecule has 0 aromatic rings. The van der Waals surface area contributed by atoms with Gasteiger partial charge in [-0.05, 0) is 51.4 Å². The Hall–Kier alpha value is -1.13. The topological polar surface area (TPSA) is 63.0 Å². The van der Waals surface area contributed by atoms with Gasteiger partial charge in [-0.2, -0.15) is 10.2 Å². The highest BCUT2D eigenvalue weighted by molar-refractivity contribution is 5.67. The average Bonchev–Trinajstić information content (AvgIpc) is 2.62. The maximum atomic E-state index is 12.2. The molecule has 0 radical (unpaired) electrons. The SMILES string of the molecule is O=C(NC1CCCCCCCCCN=NCCC1)OC1CCCCC1. The largest absolute Gasteiger partial charge is 0.446 e. The van der Waals surface area contributed by atoms with E-state index in [0.29, 0.717) is 0 Å². The molecule has 25 heavy (non-hydrogen) atoms. The first-order valence-electron chi connectivity index (χ1n) is 10.6. The molecule has 1 heterocycles. The highest BCUT2D eigenvalue weighted by Crippen LogP contribution is 2.20. The normalized spacial score (nSPS) is 25.5. The summed E-state index contributed by atoms with van der Waals surface area (Å²) in [4.78, 5) is 12.2. The molecule has 1 aliphatic heterocycles. The summed E-state index contributed by atoms with van der Waals surface area (Å²) >= 11 is 0. The first-order valence-corrected chi connectivity index (χ1v) is 10.6. The summed E-state index contributed by atoms with van der Waals surface area (Å²) in [5, 5.41) is 11.7. The second-order valence-corrected chi connectivity index (χ2v) is 7.64. The summed E-state index contributed by atoms with van der Waals surface area (Å²) in [6, 6.07) is 0.219. The zero-order valence-corrected chi connectivity index (χ0v) is 15.9. The molecule has 1 fully saturated rings. The van der Waals surface area contributed by atoms with Crippen molar-refractivity contribution in [1.29, 1.82) is 0 Å². The molecule has 0 spiro atoms. The van der Waals surface area contributed by atoms with Crippen molar-refractivity contribution in [1.82, 2.24) is 5.32 Å². The second kappa shape index (κ2) is 13.1. The Kier molecular flexibility index (Phi) is 10.6. The van der Waals surface area contributed by atoms with Crippen molar-refractivity contribution < 1.29 is 9.53 Å². The quantitative estimate of drug-likeness (QED) is 0.685. The van der Waals surface area contributed by atoms with E-state index in [0.717, 1.165) is 45.2 Å². The predicted molar refractivity (Wildman–Crippen MR) is 101 cm³/mol. The Bertz CT molecular complexity index is 381. The van der Waals surface area contributed by atoms with Crippen molar-refractivity contribution in [3.05, 3.63) is 0 Å². The van der Waals surface area contributed by atoms with E-state index in [2.05, 4.69) is 15.5 Å². The Morgan fingerprint density at radius 2 is 1.20 bits per heavy atom. The van der Waals surface area contributed by atoms with E-state index in [4.69, 9.17) is 4.74 Å². The smallest absolute Gasteiger partial charge is 0.407 e. The molecular weight excluding hydrogens is 314 g/mol. The lowest BCUT2D eigenvalue weighted by molar-refractivity contribution is 0.0721. The Labute approximate surface area is 153 Å². The van der Waals surface area contributed by atoms with Crippen molar-refractivity contribution in [2.45, 2.75) is 108 Å². The lowest BCUT2D eigenvalue weighted by Crippen LogP contribution is -2.37. The summed E-state index contributed by atoms with van der Waals surface area (Å²) in [7, 11) is 0. The number of carbonyl (C=O) groups excluding carboxylic acids is 1. The van der Waals surface area contributed by atoms with Crippen LogP contribution in [0.4, 0.5) is 4.79 Å². The van der Waals surface area contributed by atoms with Gasteiger partial charge in [0, 0.05) is 6.04 Å². The summed E-state index contributed by atoms with van der Waals surface area (Å²) in [5.74, 6) is 0. The van der Waals surface area contributed by atoms with Crippen LogP contribution in [-0.2, 0) is 4.74 Å². The lowest BCUT2D eigenvalue weighted by atomic mass is 9.98. The van der Waals surface area contributed by atoms with Gasteiger partial charge in [0.1, 0.15) is 6.10 Å². The molecule has 5 nitrogen and oxygen atoms in total. The van der Waals surface area contributed by atoms with Crippen LogP contribution in [0.25, 0.3) is 0 Å². The first-order chi connectivity index (χ1) is 12.3. The molecule has 0 saturated heterocycles. The average molecular weight is 352 g/mol. The fourth-order valence-corrected chi connectivity index (χ4v) is 3.83. The molecule has 1 saturated carbocycles. The van der Waals surface area contributed by atoms with Gasteiger partial charge in [0.15, 0.2) is 0 Å². The Morgan fingerprint density at radius 3 is 1.96 bits per heavy atom. The van der Waals surface area contributed by atoms with E-state index in [1.54, 1.807) is 0 Å². The van der Waals surface area contributed by atoms with Gasteiger partial charge < -0.3 is 10.1 Å². The number of carbonyl (C=O) groups is 1. The maximum Gasteiger partial charge on any atom is 0.407 e. The van der Waals surface area contributed by atoms with Crippen molar-refractivity contribution in [3.8, 4) is 0 Å². The van der Waals surface area contributed by atoms with E-state index >= 15 is 0 Å². The number of alkyl carbamates (subject to hydrolysis) is 1. The van der Waals surface area contributed by atoms with Crippen molar-refractivity contribution in [2.24, 2.45) is 10.2 Å². The van der Waals surface area contributed by atoms with Gasteiger partial charge in [0.05, 0.1) is 13.1 Å². The summed E-state index contributed by atoms with van der Waals surface area (Å²) in [6.45, 7) is 1.64. The number of hydrogen-bond donors (Lipinski definition) is 1. The number of nitrogens with zero attached hydrogens (tertiary/aromatic N) is 2. The minimum Gasteiger partial charge on any atom is -0.446 e. The molecule has 1 amide bonds. The number of amides is 1. The van der Waals surface area contributed by atoms with Crippen LogP contribution < -0.4 is 5.32 Å². The molecule has 2 rings (SSSR count). The molecular formula is C20H37N3O2. The van der Waals surface area contributed by atoms with Crippen LogP contribution >= 0.6 is 0 Å². The third-order valence-electron chi connectivity index (χ3n) is 5.37. The van der Waals surface area contributed by atoms with Crippen molar-refractivity contribution >= 4 is 6.09 Å². The van der Waals surface area contributed by atoms with Gasteiger partial charge in [0.25, 0.3) is 0 Å². The molecule has 1 unspecified atom stereocenters. The zero-order valence-electron chi connectivity index (χ0n) is 15.9. The monoisotopic (exact) mass is 351 g/mol. The minimum absolute atomic E-state index is 0.129. The van der Waals surface area contributed by atoms with E-state index < -0.39 is 0 Å². The molecule has 1 N–H and O–H groups in total. The third kappa shape index (κ3) is 9.81.